The van der Waals surface area contributed by atoms with Crippen molar-refractivity contribution >= 4 is 11.9 Å². The van der Waals surface area contributed by atoms with Gasteiger partial charge in [0.1, 0.15) is 0 Å². The van der Waals surface area contributed by atoms with Crippen LogP contribution in [0.5, 0.6) is 0 Å². The summed E-state index contributed by atoms with van der Waals surface area (Å²) in [6.45, 7) is 2.56. The summed E-state index contributed by atoms with van der Waals surface area (Å²) < 4.78 is 4.96. The highest BCUT2D eigenvalue weighted by Crippen LogP contribution is 2.28. The molecule has 1 atom stereocenters. The van der Waals surface area contributed by atoms with E-state index in [1.54, 1.807) is 24.3 Å². The number of carbonyl (C=O) groups excluding carboxylic acids is 2. The van der Waals surface area contributed by atoms with E-state index in [9.17, 15) is 9.59 Å². The number of rotatable bonds is 6. The number of piperidine rings is 1. The summed E-state index contributed by atoms with van der Waals surface area (Å²) >= 11 is 0. The minimum Gasteiger partial charge on any atom is -0.385 e. The lowest BCUT2D eigenvalue weighted by Gasteiger charge is -2.32. The van der Waals surface area contributed by atoms with E-state index in [0.717, 1.165) is 31.5 Å². The van der Waals surface area contributed by atoms with Gasteiger partial charge in [-0.25, -0.2) is 4.79 Å². The zero-order chi connectivity index (χ0) is 15.9. The lowest BCUT2D eigenvalue weighted by atomic mass is 9.92. The zero-order valence-corrected chi connectivity index (χ0v) is 12.9. The van der Waals surface area contributed by atoms with Crippen LogP contribution in [-0.2, 0) is 4.74 Å². The van der Waals surface area contributed by atoms with Crippen LogP contribution in [0.3, 0.4) is 0 Å². The Kier molecular flexibility index (Phi) is 5.83. The predicted molar refractivity (Wildman–Crippen MR) is 82.8 cm³/mol. The van der Waals surface area contributed by atoms with Crippen LogP contribution in [0.25, 0.3) is 0 Å². The van der Waals surface area contributed by atoms with Crippen LogP contribution in [0.2, 0.25) is 0 Å². The van der Waals surface area contributed by atoms with Crippen molar-refractivity contribution in [2.75, 3.05) is 33.4 Å². The number of nitrogens with one attached hydrogen (secondary N) is 2. The van der Waals surface area contributed by atoms with Gasteiger partial charge in [0.2, 0.25) is 0 Å². The number of H-pyrrole nitrogens is 1. The number of methoxy groups -OCH3 is 1. The summed E-state index contributed by atoms with van der Waals surface area (Å²) in [6.07, 6.45) is 4.36. The molecule has 1 unspecified atom stereocenters. The average molecular weight is 308 g/mol. The molecular weight excluding hydrogens is 284 g/mol. The Hall–Kier alpha value is -2.02. The average Bonchev–Trinajstić information content (AvgIpc) is 3.01. The fraction of sp³-hybridized carbons (Fsp3) is 0.600. The van der Waals surface area contributed by atoms with Crippen LogP contribution in [0, 0.1) is 0 Å². The van der Waals surface area contributed by atoms with Crippen molar-refractivity contribution < 1.29 is 14.3 Å². The van der Waals surface area contributed by atoms with Gasteiger partial charge in [0, 0.05) is 51.2 Å². The molecule has 0 saturated carbocycles. The number of primary amides is 1. The van der Waals surface area contributed by atoms with Crippen LogP contribution in [0.15, 0.2) is 12.3 Å². The molecule has 2 heterocycles. The van der Waals surface area contributed by atoms with E-state index in [2.05, 4.69) is 10.3 Å². The standard InChI is InChI=1S/C15H24N4O3/c1-22-9-3-6-18-15(21)19-8-2-4-11(10-19)13-12(14(16)20)5-7-17-13/h5,7,11,17H,2-4,6,8-10H2,1H3,(H2,16,20)(H,18,21). The topological polar surface area (TPSA) is 100 Å². The van der Waals surface area contributed by atoms with Crippen molar-refractivity contribution in [3.63, 3.8) is 0 Å². The maximum atomic E-state index is 12.2. The van der Waals surface area contributed by atoms with Gasteiger partial charge < -0.3 is 25.7 Å². The fourth-order valence-corrected chi connectivity index (χ4v) is 2.86. The van der Waals surface area contributed by atoms with Gasteiger partial charge in [-0.15, -0.1) is 0 Å². The van der Waals surface area contributed by atoms with E-state index in [0.29, 0.717) is 25.3 Å². The second kappa shape index (κ2) is 7.84. The SMILES string of the molecule is COCCCNC(=O)N1CCCC(c2[nH]ccc2C(N)=O)C1. The number of nitrogens with zero attached hydrogens (tertiary/aromatic N) is 1. The van der Waals surface area contributed by atoms with Gasteiger partial charge in [-0.3, -0.25) is 4.79 Å². The van der Waals surface area contributed by atoms with Gasteiger partial charge in [-0.05, 0) is 25.3 Å². The summed E-state index contributed by atoms with van der Waals surface area (Å²) in [7, 11) is 1.64. The Morgan fingerprint density at radius 2 is 2.36 bits per heavy atom. The van der Waals surface area contributed by atoms with Crippen molar-refractivity contribution in [2.45, 2.75) is 25.2 Å². The highest BCUT2D eigenvalue weighted by molar-refractivity contribution is 5.94. The lowest BCUT2D eigenvalue weighted by molar-refractivity contribution is 0.0998. The van der Waals surface area contributed by atoms with Crippen LogP contribution in [0.4, 0.5) is 4.79 Å². The molecule has 4 N–H and O–H groups in total. The number of likely N-dealkylation sites (tertiary alicyclic amines) is 1. The van der Waals surface area contributed by atoms with Gasteiger partial charge in [0.05, 0.1) is 5.56 Å². The smallest absolute Gasteiger partial charge is 0.317 e. The van der Waals surface area contributed by atoms with Gasteiger partial charge in [-0.1, -0.05) is 0 Å². The molecule has 0 bridgehead atoms. The first-order chi connectivity index (χ1) is 10.6. The molecule has 122 valence electrons. The van der Waals surface area contributed by atoms with Crippen LogP contribution < -0.4 is 11.1 Å². The minimum atomic E-state index is -0.433. The largest absolute Gasteiger partial charge is 0.385 e. The quantitative estimate of drug-likeness (QED) is 0.684. The molecule has 1 aliphatic heterocycles. The molecule has 22 heavy (non-hydrogen) atoms. The number of carbonyl (C=O) groups is 2. The predicted octanol–water partition coefficient (Wildman–Crippen LogP) is 1.04. The molecular formula is C15H24N4O3. The number of amides is 3. The van der Waals surface area contributed by atoms with E-state index in [-0.39, 0.29) is 11.9 Å². The summed E-state index contributed by atoms with van der Waals surface area (Å²) in [5, 5.41) is 2.90. The molecule has 1 fully saturated rings. The van der Waals surface area contributed by atoms with Crippen molar-refractivity contribution in [1.29, 1.82) is 0 Å². The van der Waals surface area contributed by atoms with Gasteiger partial charge in [0.15, 0.2) is 0 Å². The Morgan fingerprint density at radius 3 is 3.09 bits per heavy atom. The number of aromatic nitrogens is 1. The number of nitrogens with two attached hydrogens (primary N) is 1. The van der Waals surface area contributed by atoms with Crippen LogP contribution in [-0.4, -0.2) is 55.2 Å². The van der Waals surface area contributed by atoms with Crippen LogP contribution in [0.1, 0.15) is 41.2 Å². The van der Waals surface area contributed by atoms with Crippen molar-refractivity contribution in [1.82, 2.24) is 15.2 Å². The Morgan fingerprint density at radius 1 is 1.55 bits per heavy atom. The molecule has 1 aliphatic rings. The Labute approximate surface area is 130 Å². The van der Waals surface area contributed by atoms with E-state index < -0.39 is 5.91 Å². The van der Waals surface area contributed by atoms with E-state index in [4.69, 9.17) is 10.5 Å². The maximum absolute atomic E-state index is 12.2. The third kappa shape index (κ3) is 4.00. The molecule has 0 spiro atoms. The molecule has 1 aromatic heterocycles. The van der Waals surface area contributed by atoms with Gasteiger partial charge >= 0.3 is 6.03 Å². The van der Waals surface area contributed by atoms with E-state index in [1.807, 2.05) is 0 Å². The Bertz CT molecular complexity index is 515. The number of aromatic amines is 1. The Balaban J connectivity index is 1.92. The first-order valence-electron chi connectivity index (χ1n) is 7.62. The third-order valence-corrected chi connectivity index (χ3v) is 3.96. The lowest BCUT2D eigenvalue weighted by Crippen LogP contribution is -2.45. The molecule has 1 aromatic rings. The van der Waals surface area contributed by atoms with E-state index in [1.165, 1.54) is 0 Å². The summed E-state index contributed by atoms with van der Waals surface area (Å²) in [4.78, 5) is 28.5. The summed E-state index contributed by atoms with van der Waals surface area (Å²) in [6, 6.07) is 1.63. The monoisotopic (exact) mass is 308 g/mol. The first-order valence-corrected chi connectivity index (χ1v) is 7.62. The number of hydrogen-bond acceptors (Lipinski definition) is 3. The summed E-state index contributed by atoms with van der Waals surface area (Å²) in [5.41, 5.74) is 6.75. The van der Waals surface area contributed by atoms with Crippen molar-refractivity contribution in [2.24, 2.45) is 5.73 Å². The summed E-state index contributed by atoms with van der Waals surface area (Å²) in [5.74, 6) is -0.312. The van der Waals surface area contributed by atoms with E-state index >= 15 is 0 Å². The first kappa shape index (κ1) is 16.4. The highest BCUT2D eigenvalue weighted by atomic mass is 16.5. The second-order valence-corrected chi connectivity index (χ2v) is 5.53. The molecule has 2 rings (SSSR count). The molecule has 0 radical (unpaired) electrons. The molecule has 3 amide bonds. The normalized spacial score (nSPS) is 18.2. The van der Waals surface area contributed by atoms with Crippen LogP contribution >= 0.6 is 0 Å². The van der Waals surface area contributed by atoms with Crippen molar-refractivity contribution in [3.05, 3.63) is 23.5 Å². The molecule has 7 heteroatoms. The third-order valence-electron chi connectivity index (χ3n) is 3.96. The zero-order valence-electron chi connectivity index (χ0n) is 12.9. The number of ether oxygens (including phenoxy) is 1. The highest BCUT2D eigenvalue weighted by Gasteiger charge is 2.27. The maximum Gasteiger partial charge on any atom is 0.317 e. The second-order valence-electron chi connectivity index (χ2n) is 5.53. The number of hydrogen-bond donors (Lipinski definition) is 3. The molecule has 0 aliphatic carbocycles. The van der Waals surface area contributed by atoms with Gasteiger partial charge in [0.25, 0.3) is 5.91 Å². The van der Waals surface area contributed by atoms with Gasteiger partial charge in [-0.2, -0.15) is 0 Å². The molecule has 7 nitrogen and oxygen atoms in total. The number of urea groups is 1. The molecule has 1 saturated heterocycles. The van der Waals surface area contributed by atoms with Crippen molar-refractivity contribution in [3.8, 4) is 0 Å². The minimum absolute atomic E-state index is 0.0621. The molecule has 0 aromatic carbocycles. The fourth-order valence-electron chi connectivity index (χ4n) is 2.86.